The molecule has 26 heavy (non-hydrogen) atoms. The maximum atomic E-state index is 13.3. The summed E-state index contributed by atoms with van der Waals surface area (Å²) in [5.41, 5.74) is 0.736. The van der Waals surface area contributed by atoms with Crippen LogP contribution in [0.5, 0.6) is 5.75 Å². The molecule has 1 fully saturated rings. The molecule has 0 bridgehead atoms. The number of carbonyl (C=O) groups excluding carboxylic acids is 1. The zero-order valence-corrected chi connectivity index (χ0v) is 14.8. The first-order chi connectivity index (χ1) is 12.6. The second-order valence-electron chi connectivity index (χ2n) is 6.19. The summed E-state index contributed by atoms with van der Waals surface area (Å²) < 4.78 is 18.9. The summed E-state index contributed by atoms with van der Waals surface area (Å²) in [6.45, 7) is 3.26. The van der Waals surface area contributed by atoms with Crippen molar-refractivity contribution in [3.63, 3.8) is 0 Å². The van der Waals surface area contributed by atoms with Gasteiger partial charge in [-0.05, 0) is 24.3 Å². The molecule has 2 aromatic rings. The molecule has 3 heterocycles. The van der Waals surface area contributed by atoms with Crippen LogP contribution in [-0.4, -0.2) is 55.2 Å². The van der Waals surface area contributed by atoms with Gasteiger partial charge in [-0.3, -0.25) is 4.90 Å². The van der Waals surface area contributed by atoms with Gasteiger partial charge in [0.15, 0.2) is 0 Å². The van der Waals surface area contributed by atoms with E-state index >= 15 is 0 Å². The van der Waals surface area contributed by atoms with Crippen LogP contribution in [0.25, 0.3) is 0 Å². The SMILES string of the molecule is O=C(N1CCN(c2cccc(F)n2)CC1)N1CCOc2cc(Cl)ccc21. The molecule has 2 aliphatic heterocycles. The molecule has 136 valence electrons. The number of halogens is 2. The second kappa shape index (κ2) is 6.99. The quantitative estimate of drug-likeness (QED) is 0.718. The number of pyridine rings is 1. The fourth-order valence-electron chi connectivity index (χ4n) is 3.26. The molecule has 2 amide bonds. The molecule has 2 aliphatic rings. The van der Waals surface area contributed by atoms with Crippen LogP contribution in [0.1, 0.15) is 0 Å². The van der Waals surface area contributed by atoms with Gasteiger partial charge in [-0.15, -0.1) is 0 Å². The van der Waals surface area contributed by atoms with Crippen LogP contribution in [-0.2, 0) is 0 Å². The smallest absolute Gasteiger partial charge is 0.324 e. The van der Waals surface area contributed by atoms with Crippen molar-refractivity contribution in [3.05, 3.63) is 47.4 Å². The van der Waals surface area contributed by atoms with Crippen molar-refractivity contribution >= 4 is 29.1 Å². The molecule has 0 aliphatic carbocycles. The molecule has 1 saturated heterocycles. The lowest BCUT2D eigenvalue weighted by Gasteiger charge is -2.39. The highest BCUT2D eigenvalue weighted by molar-refractivity contribution is 6.30. The lowest BCUT2D eigenvalue weighted by Crippen LogP contribution is -2.54. The number of hydrogen-bond acceptors (Lipinski definition) is 4. The van der Waals surface area contributed by atoms with Crippen molar-refractivity contribution in [1.82, 2.24) is 9.88 Å². The first kappa shape index (κ1) is 16.9. The zero-order valence-electron chi connectivity index (χ0n) is 14.1. The Morgan fingerprint density at radius 1 is 1.12 bits per heavy atom. The van der Waals surface area contributed by atoms with E-state index in [2.05, 4.69) is 4.98 Å². The highest BCUT2D eigenvalue weighted by atomic mass is 35.5. The number of ether oxygens (including phenoxy) is 1. The molecule has 0 atom stereocenters. The van der Waals surface area contributed by atoms with Gasteiger partial charge < -0.3 is 14.5 Å². The molecule has 1 aromatic heterocycles. The van der Waals surface area contributed by atoms with E-state index in [9.17, 15) is 9.18 Å². The summed E-state index contributed by atoms with van der Waals surface area (Å²) in [6, 6.07) is 9.98. The van der Waals surface area contributed by atoms with Gasteiger partial charge in [0.1, 0.15) is 18.2 Å². The van der Waals surface area contributed by atoms with Gasteiger partial charge in [-0.2, -0.15) is 4.39 Å². The third kappa shape index (κ3) is 3.26. The van der Waals surface area contributed by atoms with Crippen molar-refractivity contribution in [3.8, 4) is 5.75 Å². The zero-order chi connectivity index (χ0) is 18.1. The van der Waals surface area contributed by atoms with Crippen LogP contribution in [0.15, 0.2) is 36.4 Å². The third-order valence-electron chi connectivity index (χ3n) is 4.59. The summed E-state index contributed by atoms with van der Waals surface area (Å²) in [5.74, 6) is 0.729. The molecule has 0 unspecified atom stereocenters. The van der Waals surface area contributed by atoms with Crippen LogP contribution < -0.4 is 14.5 Å². The Kier molecular flexibility index (Phi) is 4.55. The number of carbonyl (C=O) groups is 1. The van der Waals surface area contributed by atoms with Gasteiger partial charge in [0.25, 0.3) is 0 Å². The van der Waals surface area contributed by atoms with E-state index < -0.39 is 5.95 Å². The first-order valence-electron chi connectivity index (χ1n) is 8.48. The van der Waals surface area contributed by atoms with Gasteiger partial charge in [0.05, 0.1) is 12.2 Å². The fraction of sp³-hybridized carbons (Fsp3) is 0.333. The minimum atomic E-state index is -0.496. The second-order valence-corrected chi connectivity index (χ2v) is 6.62. The fourth-order valence-corrected chi connectivity index (χ4v) is 3.43. The molecule has 0 spiro atoms. The van der Waals surface area contributed by atoms with E-state index in [4.69, 9.17) is 16.3 Å². The topological polar surface area (TPSA) is 48.9 Å². The molecule has 0 saturated carbocycles. The lowest BCUT2D eigenvalue weighted by atomic mass is 10.2. The number of rotatable bonds is 1. The van der Waals surface area contributed by atoms with Gasteiger partial charge in [-0.1, -0.05) is 17.7 Å². The number of amides is 2. The largest absolute Gasteiger partial charge is 0.489 e. The Morgan fingerprint density at radius 2 is 1.92 bits per heavy atom. The summed E-state index contributed by atoms with van der Waals surface area (Å²) in [5, 5.41) is 0.578. The van der Waals surface area contributed by atoms with E-state index in [0.29, 0.717) is 55.9 Å². The Hall–Kier alpha value is -2.54. The van der Waals surface area contributed by atoms with Crippen molar-refractivity contribution in [2.75, 3.05) is 49.1 Å². The number of nitrogens with zero attached hydrogens (tertiary/aromatic N) is 4. The van der Waals surface area contributed by atoms with Crippen LogP contribution in [0.2, 0.25) is 5.02 Å². The Morgan fingerprint density at radius 3 is 2.69 bits per heavy atom. The Bertz CT molecular complexity index is 827. The molecule has 0 N–H and O–H groups in total. The standard InChI is InChI=1S/C18H18ClFN4O2/c19-13-4-5-14-15(12-13)26-11-10-24(14)18(25)23-8-6-22(7-9-23)17-3-1-2-16(20)21-17/h1-5,12H,6-11H2. The maximum absolute atomic E-state index is 13.3. The molecule has 4 rings (SSSR count). The molecule has 6 nitrogen and oxygen atoms in total. The summed E-state index contributed by atoms with van der Waals surface area (Å²) in [4.78, 5) is 22.4. The van der Waals surface area contributed by atoms with Gasteiger partial charge >= 0.3 is 6.03 Å². The molecule has 1 aromatic carbocycles. The van der Waals surface area contributed by atoms with Crippen molar-refractivity contribution in [1.29, 1.82) is 0 Å². The van der Waals surface area contributed by atoms with Crippen LogP contribution in [0.3, 0.4) is 0 Å². The van der Waals surface area contributed by atoms with E-state index in [1.54, 1.807) is 34.1 Å². The molecule has 8 heteroatoms. The van der Waals surface area contributed by atoms with Gasteiger partial charge in [-0.25, -0.2) is 9.78 Å². The predicted octanol–water partition coefficient (Wildman–Crippen LogP) is 3.02. The normalized spacial score (nSPS) is 16.9. The van der Waals surface area contributed by atoms with Crippen LogP contribution >= 0.6 is 11.6 Å². The lowest BCUT2D eigenvalue weighted by molar-refractivity contribution is 0.196. The highest BCUT2D eigenvalue weighted by Gasteiger charge is 2.30. The number of aromatic nitrogens is 1. The van der Waals surface area contributed by atoms with Crippen molar-refractivity contribution < 1.29 is 13.9 Å². The van der Waals surface area contributed by atoms with Crippen LogP contribution in [0, 0.1) is 5.95 Å². The van der Waals surface area contributed by atoms with Crippen LogP contribution in [0.4, 0.5) is 20.7 Å². The average Bonchev–Trinajstić information content (AvgIpc) is 2.67. The van der Waals surface area contributed by atoms with E-state index in [1.165, 1.54) is 6.07 Å². The number of anilines is 2. The minimum Gasteiger partial charge on any atom is -0.489 e. The molecular formula is C18H18ClFN4O2. The monoisotopic (exact) mass is 376 g/mol. The van der Waals surface area contributed by atoms with E-state index in [0.717, 1.165) is 5.69 Å². The van der Waals surface area contributed by atoms with Crippen molar-refractivity contribution in [2.24, 2.45) is 0 Å². The summed E-state index contributed by atoms with van der Waals surface area (Å²) >= 11 is 6.01. The predicted molar refractivity (Wildman–Crippen MR) is 97.7 cm³/mol. The van der Waals surface area contributed by atoms with Gasteiger partial charge in [0, 0.05) is 37.3 Å². The average molecular weight is 377 g/mol. The number of piperazine rings is 1. The first-order valence-corrected chi connectivity index (χ1v) is 8.86. The summed E-state index contributed by atoms with van der Waals surface area (Å²) in [6.07, 6.45) is 0. The number of fused-ring (bicyclic) bond motifs is 1. The maximum Gasteiger partial charge on any atom is 0.324 e. The summed E-state index contributed by atoms with van der Waals surface area (Å²) in [7, 11) is 0. The number of hydrogen-bond donors (Lipinski definition) is 0. The number of benzene rings is 1. The van der Waals surface area contributed by atoms with E-state index in [-0.39, 0.29) is 6.03 Å². The van der Waals surface area contributed by atoms with E-state index in [1.807, 2.05) is 11.0 Å². The van der Waals surface area contributed by atoms with Crippen molar-refractivity contribution in [2.45, 2.75) is 0 Å². The molecule has 0 radical (unpaired) electrons. The Labute approximate surface area is 155 Å². The minimum absolute atomic E-state index is 0.0521. The number of urea groups is 1. The van der Waals surface area contributed by atoms with Gasteiger partial charge in [0.2, 0.25) is 5.95 Å². The Balaban J connectivity index is 1.45. The third-order valence-corrected chi connectivity index (χ3v) is 4.83. The molecular weight excluding hydrogens is 359 g/mol. The highest BCUT2D eigenvalue weighted by Crippen LogP contribution is 2.34.